The predicted molar refractivity (Wildman–Crippen MR) is 69.3 cm³/mol. The lowest BCUT2D eigenvalue weighted by Crippen LogP contribution is -2.41. The lowest BCUT2D eigenvalue weighted by molar-refractivity contribution is -0.139. The first-order valence-corrected chi connectivity index (χ1v) is 7.07. The van der Waals surface area contributed by atoms with Crippen LogP contribution >= 0.6 is 0 Å². The number of nitrogens with two attached hydrogens (primary N) is 1. The first-order valence-electron chi connectivity index (χ1n) is 5.42. The number of primary amides is 1. The summed E-state index contributed by atoms with van der Waals surface area (Å²) in [5.74, 6) is -2.42. The molecule has 0 atom stereocenters. The molecular weight excluding hydrogens is 270 g/mol. The molecule has 104 valence electrons. The average molecular weight is 285 g/mol. The quantitative estimate of drug-likeness (QED) is 0.820. The van der Waals surface area contributed by atoms with Crippen molar-refractivity contribution in [2.75, 3.05) is 0 Å². The fourth-order valence-corrected chi connectivity index (χ4v) is 2.56. The van der Waals surface area contributed by atoms with E-state index in [0.717, 1.165) is 13.8 Å². The van der Waals surface area contributed by atoms with Crippen molar-refractivity contribution in [2.45, 2.75) is 24.3 Å². The molecule has 0 radical (unpaired) electrons. The SMILES string of the molecule is CC(C)(C(=O)O)S(=O)(=O)Cc1ccc(C(N)=O)cc1. The second-order valence-corrected chi connectivity index (χ2v) is 7.17. The fourth-order valence-electron chi connectivity index (χ4n) is 1.30. The van der Waals surface area contributed by atoms with E-state index >= 15 is 0 Å². The van der Waals surface area contributed by atoms with Gasteiger partial charge in [-0.05, 0) is 31.5 Å². The Kier molecular flexibility index (Phi) is 4.00. The molecule has 0 spiro atoms. The third-order valence-corrected chi connectivity index (χ3v) is 5.33. The lowest BCUT2D eigenvalue weighted by atomic mass is 10.1. The summed E-state index contributed by atoms with van der Waals surface area (Å²) in [6, 6.07) is 5.69. The second-order valence-electron chi connectivity index (χ2n) is 4.64. The summed E-state index contributed by atoms with van der Waals surface area (Å²) in [6.45, 7) is 2.28. The molecule has 3 N–H and O–H groups in total. The van der Waals surface area contributed by atoms with Crippen LogP contribution in [0.4, 0.5) is 0 Å². The Balaban J connectivity index is 3.03. The van der Waals surface area contributed by atoms with Crippen LogP contribution in [0.25, 0.3) is 0 Å². The van der Waals surface area contributed by atoms with Crippen molar-refractivity contribution in [3.05, 3.63) is 35.4 Å². The van der Waals surface area contributed by atoms with Crippen LogP contribution in [0, 0.1) is 0 Å². The number of amides is 1. The third kappa shape index (κ3) is 3.11. The summed E-state index contributed by atoms with van der Waals surface area (Å²) >= 11 is 0. The molecule has 0 saturated heterocycles. The fraction of sp³-hybridized carbons (Fsp3) is 0.333. The summed E-state index contributed by atoms with van der Waals surface area (Å²) in [5.41, 5.74) is 5.73. The minimum Gasteiger partial charge on any atom is -0.480 e. The first-order chi connectivity index (χ1) is 8.58. The van der Waals surface area contributed by atoms with Crippen molar-refractivity contribution in [2.24, 2.45) is 5.73 Å². The maximum Gasteiger partial charge on any atom is 0.324 e. The van der Waals surface area contributed by atoms with Gasteiger partial charge in [0.1, 0.15) is 0 Å². The van der Waals surface area contributed by atoms with Gasteiger partial charge in [0, 0.05) is 5.56 Å². The normalized spacial score (nSPS) is 12.1. The van der Waals surface area contributed by atoms with Gasteiger partial charge >= 0.3 is 5.97 Å². The van der Waals surface area contributed by atoms with Gasteiger partial charge in [-0.15, -0.1) is 0 Å². The van der Waals surface area contributed by atoms with E-state index in [0.29, 0.717) is 5.56 Å². The summed E-state index contributed by atoms with van der Waals surface area (Å²) < 4.78 is 22.2. The highest BCUT2D eigenvalue weighted by Gasteiger charge is 2.41. The molecule has 0 bridgehead atoms. The van der Waals surface area contributed by atoms with E-state index in [4.69, 9.17) is 10.8 Å². The molecule has 7 heteroatoms. The van der Waals surface area contributed by atoms with Gasteiger partial charge in [0.15, 0.2) is 14.6 Å². The Morgan fingerprint density at radius 1 is 1.21 bits per heavy atom. The Morgan fingerprint density at radius 2 is 1.68 bits per heavy atom. The molecule has 0 aliphatic carbocycles. The van der Waals surface area contributed by atoms with Gasteiger partial charge in [-0.3, -0.25) is 9.59 Å². The Bertz CT molecular complexity index is 602. The number of carbonyl (C=O) groups is 2. The van der Waals surface area contributed by atoms with Crippen LogP contribution in [-0.2, 0) is 20.4 Å². The summed E-state index contributed by atoms with van der Waals surface area (Å²) in [4.78, 5) is 21.8. The molecule has 6 nitrogen and oxygen atoms in total. The number of carbonyl (C=O) groups excluding carboxylic acids is 1. The second kappa shape index (κ2) is 5.00. The number of aliphatic carboxylic acids is 1. The van der Waals surface area contributed by atoms with Crippen LogP contribution in [0.5, 0.6) is 0 Å². The van der Waals surface area contributed by atoms with Gasteiger partial charge in [-0.25, -0.2) is 8.42 Å². The van der Waals surface area contributed by atoms with Crippen LogP contribution < -0.4 is 5.73 Å². The molecule has 1 aromatic rings. The number of sulfone groups is 1. The number of hydrogen-bond donors (Lipinski definition) is 2. The Hall–Kier alpha value is -1.89. The van der Waals surface area contributed by atoms with Crippen LogP contribution in [0.2, 0.25) is 0 Å². The van der Waals surface area contributed by atoms with Crippen LogP contribution in [-0.4, -0.2) is 30.1 Å². The number of rotatable bonds is 5. The number of carboxylic acids is 1. The van der Waals surface area contributed by atoms with Crippen LogP contribution in [0.1, 0.15) is 29.8 Å². The minimum absolute atomic E-state index is 0.263. The molecule has 0 aliphatic rings. The van der Waals surface area contributed by atoms with E-state index < -0.39 is 32.2 Å². The predicted octanol–water partition coefficient (Wildman–Crippen LogP) is 0.563. The van der Waals surface area contributed by atoms with Crippen molar-refractivity contribution in [1.82, 2.24) is 0 Å². The van der Waals surface area contributed by atoms with Crippen LogP contribution in [0.15, 0.2) is 24.3 Å². The van der Waals surface area contributed by atoms with Crippen molar-refractivity contribution in [3.63, 3.8) is 0 Å². The molecule has 1 aromatic carbocycles. The van der Waals surface area contributed by atoms with E-state index in [1.165, 1.54) is 24.3 Å². The molecule has 0 fully saturated rings. The molecule has 0 unspecified atom stereocenters. The summed E-state index contributed by atoms with van der Waals surface area (Å²) in [6.07, 6.45) is 0. The largest absolute Gasteiger partial charge is 0.480 e. The van der Waals surface area contributed by atoms with Crippen molar-refractivity contribution >= 4 is 21.7 Å². The zero-order valence-corrected chi connectivity index (χ0v) is 11.4. The monoisotopic (exact) mass is 285 g/mol. The highest BCUT2D eigenvalue weighted by atomic mass is 32.2. The van der Waals surface area contributed by atoms with E-state index in [1.807, 2.05) is 0 Å². The standard InChI is InChI=1S/C12H15NO5S/c1-12(2,11(15)16)19(17,18)7-8-3-5-9(6-4-8)10(13)14/h3-6H,7H2,1-2H3,(H2,13,14)(H,15,16). The van der Waals surface area contributed by atoms with Gasteiger partial charge in [-0.1, -0.05) is 12.1 Å². The number of hydrogen-bond acceptors (Lipinski definition) is 4. The molecule has 0 heterocycles. The number of carboxylic acid groups (broad SMARTS) is 1. The van der Waals surface area contributed by atoms with E-state index in [2.05, 4.69) is 0 Å². The molecule has 0 aliphatic heterocycles. The zero-order valence-electron chi connectivity index (χ0n) is 10.6. The Labute approximate surface area is 111 Å². The van der Waals surface area contributed by atoms with Gasteiger partial charge in [-0.2, -0.15) is 0 Å². The molecule has 19 heavy (non-hydrogen) atoms. The van der Waals surface area contributed by atoms with E-state index in [-0.39, 0.29) is 5.56 Å². The molecular formula is C12H15NO5S. The molecule has 1 rings (SSSR count). The third-order valence-electron chi connectivity index (χ3n) is 2.89. The van der Waals surface area contributed by atoms with E-state index in [9.17, 15) is 18.0 Å². The molecule has 0 aromatic heterocycles. The molecule has 0 saturated carbocycles. The Morgan fingerprint density at radius 3 is 2.05 bits per heavy atom. The first kappa shape index (κ1) is 15.2. The van der Waals surface area contributed by atoms with Crippen molar-refractivity contribution < 1.29 is 23.1 Å². The van der Waals surface area contributed by atoms with Gasteiger partial charge < -0.3 is 10.8 Å². The summed E-state index contributed by atoms with van der Waals surface area (Å²) in [5, 5.41) is 8.93. The van der Waals surface area contributed by atoms with Crippen molar-refractivity contribution in [3.8, 4) is 0 Å². The smallest absolute Gasteiger partial charge is 0.324 e. The van der Waals surface area contributed by atoms with Crippen LogP contribution in [0.3, 0.4) is 0 Å². The zero-order chi connectivity index (χ0) is 14.8. The maximum absolute atomic E-state index is 12.0. The highest BCUT2D eigenvalue weighted by Crippen LogP contribution is 2.22. The maximum atomic E-state index is 12.0. The van der Waals surface area contributed by atoms with Gasteiger partial charge in [0.05, 0.1) is 5.75 Å². The number of benzene rings is 1. The minimum atomic E-state index is -3.86. The van der Waals surface area contributed by atoms with Crippen molar-refractivity contribution in [1.29, 1.82) is 0 Å². The molecule has 1 amide bonds. The average Bonchev–Trinajstić information content (AvgIpc) is 2.28. The lowest BCUT2D eigenvalue weighted by Gasteiger charge is -2.19. The van der Waals surface area contributed by atoms with E-state index in [1.54, 1.807) is 0 Å². The van der Waals surface area contributed by atoms with Gasteiger partial charge in [0.2, 0.25) is 5.91 Å². The topological polar surface area (TPSA) is 115 Å². The summed E-state index contributed by atoms with van der Waals surface area (Å²) in [7, 11) is -3.86. The van der Waals surface area contributed by atoms with Gasteiger partial charge in [0.25, 0.3) is 0 Å². The highest BCUT2D eigenvalue weighted by molar-refractivity contribution is 7.92.